The molecule has 0 unspecified atom stereocenters. The van der Waals surface area contributed by atoms with Gasteiger partial charge >= 0.3 is 0 Å². The van der Waals surface area contributed by atoms with Crippen LogP contribution in [0.1, 0.15) is 32.3 Å². The van der Waals surface area contributed by atoms with Crippen molar-refractivity contribution in [1.82, 2.24) is 10.2 Å². The lowest BCUT2D eigenvalue weighted by Gasteiger charge is -2.29. The Morgan fingerprint density at radius 2 is 1.89 bits per heavy atom. The quantitative estimate of drug-likeness (QED) is 0.882. The highest BCUT2D eigenvalue weighted by Gasteiger charge is 2.49. The standard InChI is InChI=1S/C16H22N2O/c1-15(2)14(19)18(10-13-6-4-3-5-7-13)12-16(8-9-16)11-17-15/h3-7,17H,8-12H2,1-2H3. The number of amides is 1. The van der Waals surface area contributed by atoms with Gasteiger partial charge < -0.3 is 10.2 Å². The van der Waals surface area contributed by atoms with Gasteiger partial charge in [0, 0.05) is 25.0 Å². The summed E-state index contributed by atoms with van der Waals surface area (Å²) in [6, 6.07) is 10.3. The lowest BCUT2D eigenvalue weighted by Crippen LogP contribution is -2.51. The van der Waals surface area contributed by atoms with E-state index in [1.165, 1.54) is 18.4 Å². The average Bonchev–Trinajstić information content (AvgIpc) is 3.17. The molecule has 3 rings (SSSR count). The van der Waals surface area contributed by atoms with Crippen LogP contribution in [0.3, 0.4) is 0 Å². The van der Waals surface area contributed by atoms with E-state index >= 15 is 0 Å². The van der Waals surface area contributed by atoms with Crippen molar-refractivity contribution >= 4 is 5.91 Å². The minimum atomic E-state index is -0.444. The Hall–Kier alpha value is -1.35. The summed E-state index contributed by atoms with van der Waals surface area (Å²) < 4.78 is 0. The second-order valence-electron chi connectivity index (χ2n) is 6.63. The number of rotatable bonds is 2. The molecule has 102 valence electrons. The molecule has 2 fully saturated rings. The van der Waals surface area contributed by atoms with E-state index in [-0.39, 0.29) is 5.91 Å². The van der Waals surface area contributed by atoms with Crippen LogP contribution in [0, 0.1) is 5.41 Å². The van der Waals surface area contributed by atoms with Crippen molar-refractivity contribution in [3.8, 4) is 0 Å². The number of benzene rings is 1. The van der Waals surface area contributed by atoms with Crippen molar-refractivity contribution in [2.45, 2.75) is 38.8 Å². The van der Waals surface area contributed by atoms with Crippen LogP contribution >= 0.6 is 0 Å². The number of carbonyl (C=O) groups excluding carboxylic acids is 1. The first-order valence-electron chi connectivity index (χ1n) is 7.09. The van der Waals surface area contributed by atoms with Crippen molar-refractivity contribution in [3.63, 3.8) is 0 Å². The van der Waals surface area contributed by atoms with E-state index in [1.807, 2.05) is 36.9 Å². The third-order valence-corrected chi connectivity index (χ3v) is 4.43. The Bertz CT molecular complexity index is 477. The summed E-state index contributed by atoms with van der Waals surface area (Å²) in [5, 5.41) is 3.45. The van der Waals surface area contributed by atoms with Crippen LogP contribution in [0.4, 0.5) is 0 Å². The summed E-state index contributed by atoms with van der Waals surface area (Å²) in [6.07, 6.45) is 2.49. The van der Waals surface area contributed by atoms with Crippen LogP contribution in [0.25, 0.3) is 0 Å². The normalized spacial score (nSPS) is 24.3. The zero-order chi connectivity index (χ0) is 13.5. The van der Waals surface area contributed by atoms with Crippen LogP contribution in [-0.4, -0.2) is 29.4 Å². The lowest BCUT2D eigenvalue weighted by molar-refractivity contribution is -0.137. The van der Waals surface area contributed by atoms with Crippen molar-refractivity contribution < 1.29 is 4.79 Å². The third kappa shape index (κ3) is 2.52. The molecule has 1 spiro atoms. The number of hydrogen-bond donors (Lipinski definition) is 1. The van der Waals surface area contributed by atoms with E-state index in [0.717, 1.165) is 19.6 Å². The largest absolute Gasteiger partial charge is 0.336 e. The molecule has 1 aliphatic carbocycles. The van der Waals surface area contributed by atoms with Gasteiger partial charge in [0.15, 0.2) is 0 Å². The Kier molecular flexibility index (Phi) is 2.90. The van der Waals surface area contributed by atoms with Crippen molar-refractivity contribution in [3.05, 3.63) is 35.9 Å². The van der Waals surface area contributed by atoms with Crippen molar-refractivity contribution in [2.75, 3.05) is 13.1 Å². The van der Waals surface area contributed by atoms with Crippen molar-refractivity contribution in [2.24, 2.45) is 5.41 Å². The molecule has 0 aromatic heterocycles. The molecule has 1 aromatic carbocycles. The molecule has 1 amide bonds. The first kappa shape index (κ1) is 12.7. The summed E-state index contributed by atoms with van der Waals surface area (Å²) in [5.74, 6) is 0.222. The van der Waals surface area contributed by atoms with Crippen molar-refractivity contribution in [1.29, 1.82) is 0 Å². The van der Waals surface area contributed by atoms with Gasteiger partial charge in [0.2, 0.25) is 5.91 Å². The second-order valence-corrected chi connectivity index (χ2v) is 6.63. The molecule has 1 heterocycles. The van der Waals surface area contributed by atoms with Crippen LogP contribution in [0.2, 0.25) is 0 Å². The van der Waals surface area contributed by atoms with Crippen LogP contribution in [-0.2, 0) is 11.3 Å². The van der Waals surface area contributed by atoms with Gasteiger partial charge in [-0.2, -0.15) is 0 Å². The second kappa shape index (κ2) is 4.34. The number of nitrogens with zero attached hydrogens (tertiary/aromatic N) is 1. The maximum absolute atomic E-state index is 12.7. The number of carbonyl (C=O) groups is 1. The zero-order valence-corrected chi connectivity index (χ0v) is 11.8. The molecule has 0 radical (unpaired) electrons. The number of hydrogen-bond acceptors (Lipinski definition) is 2. The molecule has 1 aromatic rings. The molecule has 0 bridgehead atoms. The molecule has 1 saturated carbocycles. The average molecular weight is 258 g/mol. The Balaban J connectivity index is 1.82. The summed E-state index contributed by atoms with van der Waals surface area (Å²) in [4.78, 5) is 14.7. The fourth-order valence-electron chi connectivity index (χ4n) is 2.86. The molecule has 2 aliphatic rings. The number of nitrogens with one attached hydrogen (secondary N) is 1. The Morgan fingerprint density at radius 1 is 1.21 bits per heavy atom. The van der Waals surface area contributed by atoms with E-state index in [2.05, 4.69) is 17.4 Å². The molecule has 1 N–H and O–H groups in total. The lowest BCUT2D eigenvalue weighted by atomic mass is 10.0. The van der Waals surface area contributed by atoms with Crippen LogP contribution in [0.15, 0.2) is 30.3 Å². The molecule has 3 heteroatoms. The van der Waals surface area contributed by atoms with E-state index in [9.17, 15) is 4.79 Å². The predicted molar refractivity (Wildman–Crippen MR) is 75.6 cm³/mol. The maximum Gasteiger partial charge on any atom is 0.242 e. The van der Waals surface area contributed by atoms with Gasteiger partial charge in [-0.3, -0.25) is 4.79 Å². The molecule has 1 aliphatic heterocycles. The van der Waals surface area contributed by atoms with E-state index in [1.54, 1.807) is 0 Å². The monoisotopic (exact) mass is 258 g/mol. The summed E-state index contributed by atoms with van der Waals surface area (Å²) in [6.45, 7) is 6.59. The topological polar surface area (TPSA) is 32.3 Å². The predicted octanol–water partition coefficient (Wildman–Crippen LogP) is 2.18. The summed E-state index contributed by atoms with van der Waals surface area (Å²) in [7, 11) is 0. The van der Waals surface area contributed by atoms with Gasteiger partial charge in [0.25, 0.3) is 0 Å². The van der Waals surface area contributed by atoms with E-state index in [0.29, 0.717) is 5.41 Å². The van der Waals surface area contributed by atoms with E-state index < -0.39 is 5.54 Å². The van der Waals surface area contributed by atoms with E-state index in [4.69, 9.17) is 0 Å². The van der Waals surface area contributed by atoms with Crippen LogP contribution in [0.5, 0.6) is 0 Å². The highest BCUT2D eigenvalue weighted by atomic mass is 16.2. The van der Waals surface area contributed by atoms with Gasteiger partial charge in [-0.1, -0.05) is 30.3 Å². The summed E-state index contributed by atoms with van der Waals surface area (Å²) >= 11 is 0. The minimum absolute atomic E-state index is 0.222. The Morgan fingerprint density at radius 3 is 2.53 bits per heavy atom. The fraction of sp³-hybridized carbons (Fsp3) is 0.562. The highest BCUT2D eigenvalue weighted by Crippen LogP contribution is 2.47. The third-order valence-electron chi connectivity index (χ3n) is 4.43. The molecular weight excluding hydrogens is 236 g/mol. The minimum Gasteiger partial charge on any atom is -0.336 e. The van der Waals surface area contributed by atoms with Gasteiger partial charge in [-0.15, -0.1) is 0 Å². The summed E-state index contributed by atoms with van der Waals surface area (Å²) in [5.41, 5.74) is 1.11. The molecule has 3 nitrogen and oxygen atoms in total. The molecule has 19 heavy (non-hydrogen) atoms. The maximum atomic E-state index is 12.7. The fourth-order valence-corrected chi connectivity index (χ4v) is 2.86. The molecular formula is C16H22N2O. The first-order valence-corrected chi connectivity index (χ1v) is 7.09. The molecule has 1 saturated heterocycles. The SMILES string of the molecule is CC1(C)NCC2(CC2)CN(Cc2ccccc2)C1=O. The first-order chi connectivity index (χ1) is 9.01. The van der Waals surface area contributed by atoms with Gasteiger partial charge in [-0.25, -0.2) is 0 Å². The Labute approximate surface area is 115 Å². The van der Waals surface area contributed by atoms with Gasteiger partial charge in [-0.05, 0) is 32.3 Å². The zero-order valence-electron chi connectivity index (χ0n) is 11.8. The van der Waals surface area contributed by atoms with Crippen LogP contribution < -0.4 is 5.32 Å². The van der Waals surface area contributed by atoms with Gasteiger partial charge in [0.1, 0.15) is 0 Å². The highest BCUT2D eigenvalue weighted by molar-refractivity contribution is 5.86. The smallest absolute Gasteiger partial charge is 0.242 e. The molecule has 0 atom stereocenters. The van der Waals surface area contributed by atoms with Gasteiger partial charge in [0.05, 0.1) is 5.54 Å².